The number of primary amides is 1. The number of amides is 1. The van der Waals surface area contributed by atoms with Gasteiger partial charge in [-0.15, -0.1) is 11.3 Å². The lowest BCUT2D eigenvalue weighted by Crippen LogP contribution is -2.22. The molecule has 26 heavy (non-hydrogen) atoms. The van der Waals surface area contributed by atoms with Gasteiger partial charge in [-0.1, -0.05) is 23.7 Å². The normalized spacial score (nSPS) is 12.3. The van der Waals surface area contributed by atoms with Crippen molar-refractivity contribution in [3.63, 3.8) is 0 Å². The highest BCUT2D eigenvalue weighted by molar-refractivity contribution is 7.21. The summed E-state index contributed by atoms with van der Waals surface area (Å²) in [4.78, 5) is 20.8. The van der Waals surface area contributed by atoms with Crippen molar-refractivity contribution in [1.29, 1.82) is 0 Å². The molecule has 10 heteroatoms. The minimum atomic E-state index is -1.07. The van der Waals surface area contributed by atoms with Crippen LogP contribution < -0.4 is 16.2 Å². The molecule has 1 atom stereocenters. The van der Waals surface area contributed by atoms with Crippen molar-refractivity contribution in [2.75, 3.05) is 18.9 Å². The third-order valence-corrected chi connectivity index (χ3v) is 4.85. The Hall–Kier alpha value is -2.46. The SMILES string of the molecule is NC(=O)c1sc2nc(OC[C@@H](O)CO)nc(-c3cccc(Cl)c3)c2c1N. The van der Waals surface area contributed by atoms with Crippen molar-refractivity contribution >= 4 is 44.7 Å². The van der Waals surface area contributed by atoms with Gasteiger partial charge in [0.1, 0.15) is 22.4 Å². The number of carbonyl (C=O) groups excluding carboxylic acids is 1. The fourth-order valence-electron chi connectivity index (χ4n) is 2.32. The van der Waals surface area contributed by atoms with Gasteiger partial charge in [-0.3, -0.25) is 4.79 Å². The second kappa shape index (κ2) is 7.42. The molecule has 8 nitrogen and oxygen atoms in total. The standard InChI is InChI=1S/C16H15ClN4O4S/c17-8-3-1-2-7(4-8)12-10-11(18)13(14(19)24)26-15(10)21-16(20-12)25-6-9(23)5-22/h1-4,9,22-23H,5-6,18H2,(H2,19,24)/t9-/m0/s1. The summed E-state index contributed by atoms with van der Waals surface area (Å²) in [5.74, 6) is -0.666. The number of hydrogen-bond donors (Lipinski definition) is 4. The van der Waals surface area contributed by atoms with Gasteiger partial charge in [-0.2, -0.15) is 9.97 Å². The van der Waals surface area contributed by atoms with Crippen LogP contribution in [0.3, 0.4) is 0 Å². The van der Waals surface area contributed by atoms with Crippen LogP contribution in [0, 0.1) is 0 Å². The molecule has 0 bridgehead atoms. The Morgan fingerprint density at radius 1 is 1.38 bits per heavy atom. The predicted octanol–water partition coefficient (Wildman–Crippen LogP) is 1.42. The van der Waals surface area contributed by atoms with Crippen molar-refractivity contribution in [2.45, 2.75) is 6.10 Å². The first-order valence-electron chi connectivity index (χ1n) is 7.48. The molecular weight excluding hydrogens is 380 g/mol. The third-order valence-electron chi connectivity index (χ3n) is 3.51. The molecule has 3 rings (SSSR count). The van der Waals surface area contributed by atoms with Crippen LogP contribution in [0.5, 0.6) is 6.01 Å². The van der Waals surface area contributed by atoms with Gasteiger partial charge >= 0.3 is 6.01 Å². The number of nitrogen functional groups attached to an aromatic ring is 1. The molecule has 0 aliphatic rings. The van der Waals surface area contributed by atoms with Crippen molar-refractivity contribution in [3.8, 4) is 17.3 Å². The number of aliphatic hydroxyl groups is 2. The maximum absolute atomic E-state index is 11.6. The molecule has 1 aromatic carbocycles. The second-order valence-corrected chi connectivity index (χ2v) is 6.84. The quantitative estimate of drug-likeness (QED) is 0.494. The van der Waals surface area contributed by atoms with E-state index in [9.17, 15) is 9.90 Å². The van der Waals surface area contributed by atoms with E-state index in [2.05, 4.69) is 9.97 Å². The first-order valence-corrected chi connectivity index (χ1v) is 8.67. The molecule has 0 fully saturated rings. The lowest BCUT2D eigenvalue weighted by atomic mass is 10.1. The van der Waals surface area contributed by atoms with Crippen LogP contribution in [-0.2, 0) is 0 Å². The van der Waals surface area contributed by atoms with E-state index >= 15 is 0 Å². The number of thiophene rings is 1. The number of nitrogens with two attached hydrogens (primary N) is 2. The van der Waals surface area contributed by atoms with Gasteiger partial charge in [0.25, 0.3) is 5.91 Å². The number of halogens is 1. The number of fused-ring (bicyclic) bond motifs is 1. The van der Waals surface area contributed by atoms with Crippen molar-refractivity contribution in [3.05, 3.63) is 34.2 Å². The van der Waals surface area contributed by atoms with Gasteiger partial charge < -0.3 is 26.4 Å². The number of benzene rings is 1. The molecule has 0 radical (unpaired) electrons. The van der Waals surface area contributed by atoms with Gasteiger partial charge in [-0.25, -0.2) is 0 Å². The van der Waals surface area contributed by atoms with Crippen molar-refractivity contribution < 1.29 is 19.7 Å². The Balaban J connectivity index is 2.19. The summed E-state index contributed by atoms with van der Waals surface area (Å²) in [6.07, 6.45) is -1.07. The molecular formula is C16H15ClN4O4S. The van der Waals surface area contributed by atoms with Crippen LogP contribution in [-0.4, -0.2) is 45.4 Å². The Morgan fingerprint density at radius 2 is 2.15 bits per heavy atom. The average Bonchev–Trinajstić information content (AvgIpc) is 2.96. The summed E-state index contributed by atoms with van der Waals surface area (Å²) in [5, 5.41) is 19.3. The molecule has 1 amide bonds. The number of nitrogens with zero attached hydrogens (tertiary/aromatic N) is 2. The van der Waals surface area contributed by atoms with Crippen LogP contribution >= 0.6 is 22.9 Å². The molecule has 3 aromatic rings. The Morgan fingerprint density at radius 3 is 2.81 bits per heavy atom. The molecule has 0 unspecified atom stereocenters. The summed E-state index contributed by atoms with van der Waals surface area (Å²) in [5.41, 5.74) is 12.7. The lowest BCUT2D eigenvalue weighted by molar-refractivity contribution is 0.0506. The second-order valence-electron chi connectivity index (χ2n) is 5.40. The minimum Gasteiger partial charge on any atom is -0.461 e. The van der Waals surface area contributed by atoms with Gasteiger partial charge in [0.05, 0.1) is 23.4 Å². The largest absolute Gasteiger partial charge is 0.461 e. The smallest absolute Gasteiger partial charge is 0.318 e. The summed E-state index contributed by atoms with van der Waals surface area (Å²) in [6, 6.07) is 6.90. The maximum atomic E-state index is 11.6. The van der Waals surface area contributed by atoms with Crippen LogP contribution in [0.1, 0.15) is 9.67 Å². The molecule has 2 heterocycles. The van der Waals surface area contributed by atoms with E-state index in [4.69, 9.17) is 32.9 Å². The highest BCUT2D eigenvalue weighted by Gasteiger charge is 2.21. The van der Waals surface area contributed by atoms with Crippen molar-refractivity contribution in [1.82, 2.24) is 9.97 Å². The van der Waals surface area contributed by atoms with Crippen LogP contribution in [0.15, 0.2) is 24.3 Å². The summed E-state index contributed by atoms with van der Waals surface area (Å²) in [7, 11) is 0. The molecule has 6 N–H and O–H groups in total. The number of ether oxygens (including phenoxy) is 1. The number of carbonyl (C=O) groups is 1. The molecule has 2 aromatic heterocycles. The number of aliphatic hydroxyl groups excluding tert-OH is 2. The zero-order valence-electron chi connectivity index (χ0n) is 13.3. The van der Waals surface area contributed by atoms with Gasteiger partial charge in [0.2, 0.25) is 0 Å². The zero-order valence-corrected chi connectivity index (χ0v) is 14.9. The molecule has 0 saturated heterocycles. The Kier molecular flexibility index (Phi) is 5.23. The third kappa shape index (κ3) is 3.56. The first-order chi connectivity index (χ1) is 12.4. The molecule has 0 aliphatic carbocycles. The highest BCUT2D eigenvalue weighted by Crippen LogP contribution is 2.39. The van der Waals surface area contributed by atoms with E-state index in [0.717, 1.165) is 11.3 Å². The van der Waals surface area contributed by atoms with E-state index in [1.807, 2.05) is 0 Å². The molecule has 136 valence electrons. The van der Waals surface area contributed by atoms with Crippen LogP contribution in [0.25, 0.3) is 21.5 Å². The number of rotatable bonds is 6. The van der Waals surface area contributed by atoms with E-state index in [0.29, 0.717) is 26.5 Å². The van der Waals surface area contributed by atoms with Gasteiger partial charge in [-0.05, 0) is 12.1 Å². The highest BCUT2D eigenvalue weighted by atomic mass is 35.5. The summed E-state index contributed by atoms with van der Waals surface area (Å²) in [6.45, 7) is -0.651. The van der Waals surface area contributed by atoms with Gasteiger partial charge in [0, 0.05) is 10.6 Å². The lowest BCUT2D eigenvalue weighted by Gasteiger charge is -2.10. The number of anilines is 1. The predicted molar refractivity (Wildman–Crippen MR) is 99.4 cm³/mol. The number of aromatic nitrogens is 2. The van der Waals surface area contributed by atoms with Crippen LogP contribution in [0.4, 0.5) is 5.69 Å². The van der Waals surface area contributed by atoms with Crippen molar-refractivity contribution in [2.24, 2.45) is 5.73 Å². The number of hydrogen-bond acceptors (Lipinski definition) is 8. The molecule has 0 saturated carbocycles. The summed E-state index contributed by atoms with van der Waals surface area (Å²) >= 11 is 7.09. The van der Waals surface area contributed by atoms with E-state index in [1.54, 1.807) is 24.3 Å². The minimum absolute atomic E-state index is 0.0303. The van der Waals surface area contributed by atoms with Crippen LogP contribution in [0.2, 0.25) is 5.02 Å². The van der Waals surface area contributed by atoms with E-state index < -0.39 is 18.6 Å². The fraction of sp³-hybridized carbons (Fsp3) is 0.188. The molecule has 0 aliphatic heterocycles. The monoisotopic (exact) mass is 394 g/mol. The fourth-order valence-corrected chi connectivity index (χ4v) is 3.45. The van der Waals surface area contributed by atoms with E-state index in [1.165, 1.54) is 0 Å². The molecule has 0 spiro atoms. The van der Waals surface area contributed by atoms with Gasteiger partial charge in [0.15, 0.2) is 0 Å². The maximum Gasteiger partial charge on any atom is 0.318 e. The zero-order chi connectivity index (χ0) is 18.8. The average molecular weight is 395 g/mol. The summed E-state index contributed by atoms with van der Waals surface area (Å²) < 4.78 is 5.35. The topological polar surface area (TPSA) is 145 Å². The van der Waals surface area contributed by atoms with E-state index in [-0.39, 0.29) is 23.2 Å². The Bertz CT molecular complexity index is 978. The Labute approximate surface area is 157 Å². The first kappa shape index (κ1) is 18.3.